The molecule has 1 amide bonds. The molecular formula is C16H24N2O6. The number of amides is 1. The molecule has 0 atom stereocenters. The lowest BCUT2D eigenvalue weighted by Crippen LogP contribution is -2.25. The lowest BCUT2D eigenvalue weighted by molar-refractivity contribution is 0.0939. The minimum Gasteiger partial charge on any atom is -0.491 e. The van der Waals surface area contributed by atoms with Gasteiger partial charge in [0.25, 0.3) is 11.8 Å². The zero-order chi connectivity index (χ0) is 17.8. The average Bonchev–Trinajstić information content (AvgIpc) is 2.60. The fraction of sp³-hybridized carbons (Fsp3) is 0.562. The predicted molar refractivity (Wildman–Crippen MR) is 86.5 cm³/mol. The zero-order valence-electron chi connectivity index (χ0n) is 14.3. The van der Waals surface area contributed by atoms with Crippen molar-refractivity contribution >= 4 is 12.1 Å². The number of nitrogens with one attached hydrogen (secondary N) is 1. The molecule has 8 nitrogen and oxygen atoms in total. The highest BCUT2D eigenvalue weighted by Crippen LogP contribution is 2.25. The second-order valence-electron chi connectivity index (χ2n) is 4.86. The first-order valence-electron chi connectivity index (χ1n) is 7.78. The maximum absolute atomic E-state index is 12.1. The van der Waals surface area contributed by atoms with Crippen LogP contribution in [0.15, 0.2) is 12.3 Å². The van der Waals surface area contributed by atoms with E-state index in [0.717, 1.165) is 25.9 Å². The molecule has 0 aliphatic carbocycles. The van der Waals surface area contributed by atoms with Crippen molar-refractivity contribution in [3.63, 3.8) is 0 Å². The highest BCUT2D eigenvalue weighted by atomic mass is 16.7. The van der Waals surface area contributed by atoms with Crippen LogP contribution in [0.5, 0.6) is 11.6 Å². The summed E-state index contributed by atoms with van der Waals surface area (Å²) in [5.74, 6) is -0.194. The van der Waals surface area contributed by atoms with E-state index in [4.69, 9.17) is 14.2 Å². The van der Waals surface area contributed by atoms with E-state index in [2.05, 4.69) is 22.0 Å². The number of hydrogen-bond donors (Lipinski definition) is 1. The summed E-state index contributed by atoms with van der Waals surface area (Å²) < 4.78 is 19.7. The number of aromatic nitrogens is 1. The van der Waals surface area contributed by atoms with Gasteiger partial charge in [-0.15, -0.1) is 0 Å². The first kappa shape index (κ1) is 19.7. The summed E-state index contributed by atoms with van der Waals surface area (Å²) in [7, 11) is 2.57. The molecule has 0 aromatic carbocycles. The van der Waals surface area contributed by atoms with Crippen LogP contribution in [0.2, 0.25) is 0 Å². The first-order valence-corrected chi connectivity index (χ1v) is 7.78. The Morgan fingerprint density at radius 2 is 1.96 bits per heavy atom. The molecule has 8 heteroatoms. The maximum atomic E-state index is 12.1. The van der Waals surface area contributed by atoms with Crippen LogP contribution in [0.4, 0.5) is 4.79 Å². The molecule has 24 heavy (non-hydrogen) atoms. The quantitative estimate of drug-likeness (QED) is 0.515. The van der Waals surface area contributed by atoms with E-state index >= 15 is 0 Å². The number of nitrogens with zero attached hydrogens (tertiary/aromatic N) is 1. The number of methoxy groups -OCH3 is 2. The van der Waals surface area contributed by atoms with Gasteiger partial charge in [-0.2, -0.15) is 0 Å². The van der Waals surface area contributed by atoms with Crippen molar-refractivity contribution in [1.82, 2.24) is 10.3 Å². The molecule has 0 fully saturated rings. The van der Waals surface area contributed by atoms with Crippen LogP contribution in [0.3, 0.4) is 0 Å². The van der Waals surface area contributed by atoms with Gasteiger partial charge in [-0.3, -0.25) is 4.79 Å². The van der Waals surface area contributed by atoms with E-state index in [-0.39, 0.29) is 17.5 Å². The molecule has 0 aliphatic rings. The molecular weight excluding hydrogens is 316 g/mol. The summed E-state index contributed by atoms with van der Waals surface area (Å²) in [6.45, 7) is 3.95. The monoisotopic (exact) mass is 340 g/mol. The van der Waals surface area contributed by atoms with E-state index in [1.54, 1.807) is 0 Å². The van der Waals surface area contributed by atoms with Crippen molar-refractivity contribution in [2.45, 2.75) is 26.2 Å². The normalized spacial score (nSPS) is 10.1. The van der Waals surface area contributed by atoms with Gasteiger partial charge < -0.3 is 24.3 Å². The Balaban J connectivity index is 2.48. The molecule has 0 saturated carbocycles. The Bertz CT molecular complexity index is 535. The minimum absolute atomic E-state index is 0.0646. The van der Waals surface area contributed by atoms with Crippen LogP contribution in [0.25, 0.3) is 0 Å². The van der Waals surface area contributed by atoms with Crippen LogP contribution < -0.4 is 14.8 Å². The van der Waals surface area contributed by atoms with Crippen LogP contribution in [-0.4, -0.2) is 51.0 Å². The first-order chi connectivity index (χ1) is 11.6. The van der Waals surface area contributed by atoms with Gasteiger partial charge >= 0.3 is 6.16 Å². The van der Waals surface area contributed by atoms with E-state index in [1.165, 1.54) is 26.5 Å². The third-order valence-electron chi connectivity index (χ3n) is 3.04. The average molecular weight is 340 g/mol. The van der Waals surface area contributed by atoms with Crippen molar-refractivity contribution in [2.75, 3.05) is 34.0 Å². The Hall–Kier alpha value is -2.35. The van der Waals surface area contributed by atoms with Gasteiger partial charge in [0.1, 0.15) is 0 Å². The van der Waals surface area contributed by atoms with Gasteiger partial charge in [-0.25, -0.2) is 9.78 Å². The maximum Gasteiger partial charge on any atom is 0.515 e. The van der Waals surface area contributed by atoms with Crippen LogP contribution >= 0.6 is 0 Å². The van der Waals surface area contributed by atoms with Gasteiger partial charge in [-0.1, -0.05) is 13.3 Å². The molecule has 0 radical (unpaired) electrons. The number of carbonyl (C=O) groups is 2. The molecule has 0 unspecified atom stereocenters. The Morgan fingerprint density at radius 3 is 2.62 bits per heavy atom. The molecule has 1 heterocycles. The smallest absolute Gasteiger partial charge is 0.491 e. The van der Waals surface area contributed by atoms with Gasteiger partial charge in [-0.05, 0) is 12.8 Å². The molecule has 134 valence electrons. The van der Waals surface area contributed by atoms with E-state index in [0.29, 0.717) is 18.7 Å². The zero-order valence-corrected chi connectivity index (χ0v) is 14.3. The summed E-state index contributed by atoms with van der Waals surface area (Å²) in [5, 5.41) is 2.77. The number of hydrogen-bond acceptors (Lipinski definition) is 7. The van der Waals surface area contributed by atoms with Crippen molar-refractivity contribution in [2.24, 2.45) is 0 Å². The van der Waals surface area contributed by atoms with Crippen LogP contribution in [0, 0.1) is 0 Å². The molecule has 0 saturated heterocycles. The predicted octanol–water partition coefficient (Wildman–Crippen LogP) is 2.17. The van der Waals surface area contributed by atoms with Gasteiger partial charge in [0.05, 0.1) is 19.8 Å². The Morgan fingerprint density at radius 1 is 1.21 bits per heavy atom. The summed E-state index contributed by atoms with van der Waals surface area (Å²) in [6, 6.07) is 1.44. The summed E-state index contributed by atoms with van der Waals surface area (Å²) in [6.07, 6.45) is 3.25. The van der Waals surface area contributed by atoms with E-state index in [9.17, 15) is 9.59 Å². The minimum atomic E-state index is -0.916. The molecule has 1 aromatic rings. The van der Waals surface area contributed by atoms with E-state index < -0.39 is 6.16 Å². The van der Waals surface area contributed by atoms with Gasteiger partial charge in [0.15, 0.2) is 5.75 Å². The topological polar surface area (TPSA) is 96.0 Å². The van der Waals surface area contributed by atoms with Crippen molar-refractivity contribution in [1.29, 1.82) is 0 Å². The second kappa shape index (κ2) is 11.2. The highest BCUT2D eigenvalue weighted by Gasteiger charge is 2.15. The second-order valence-corrected chi connectivity index (χ2v) is 4.86. The summed E-state index contributed by atoms with van der Waals surface area (Å²) >= 11 is 0. The SMILES string of the molecule is CCCCOCCCNC(=O)c1cnc(OC(=O)OC)c(OC)c1. The lowest BCUT2D eigenvalue weighted by atomic mass is 10.2. The van der Waals surface area contributed by atoms with Gasteiger partial charge in [0, 0.05) is 32.0 Å². The number of rotatable bonds is 10. The van der Waals surface area contributed by atoms with Crippen molar-refractivity contribution in [3.05, 3.63) is 17.8 Å². The molecule has 1 aromatic heterocycles. The fourth-order valence-electron chi connectivity index (χ4n) is 1.73. The summed E-state index contributed by atoms with van der Waals surface area (Å²) in [5.41, 5.74) is 0.302. The van der Waals surface area contributed by atoms with Gasteiger partial charge in [0.2, 0.25) is 0 Å². The fourth-order valence-corrected chi connectivity index (χ4v) is 1.73. The number of carbonyl (C=O) groups excluding carboxylic acids is 2. The Kier molecular flexibility index (Phi) is 9.21. The van der Waals surface area contributed by atoms with Crippen LogP contribution in [-0.2, 0) is 9.47 Å². The van der Waals surface area contributed by atoms with Crippen LogP contribution in [0.1, 0.15) is 36.5 Å². The molecule has 0 aliphatic heterocycles. The number of pyridine rings is 1. The molecule has 1 N–H and O–H groups in total. The third-order valence-corrected chi connectivity index (χ3v) is 3.04. The largest absolute Gasteiger partial charge is 0.515 e. The van der Waals surface area contributed by atoms with E-state index in [1.807, 2.05) is 0 Å². The molecule has 0 bridgehead atoms. The summed E-state index contributed by atoms with van der Waals surface area (Å²) in [4.78, 5) is 27.1. The Labute approximate surface area is 141 Å². The lowest BCUT2D eigenvalue weighted by Gasteiger charge is -2.09. The highest BCUT2D eigenvalue weighted by molar-refractivity contribution is 5.94. The third kappa shape index (κ3) is 6.82. The molecule has 1 rings (SSSR count). The standard InChI is InChI=1S/C16H24N2O6/c1-4-5-8-23-9-6-7-17-14(19)12-10-13(21-2)15(18-11-12)24-16(20)22-3/h10-11H,4-9H2,1-3H3,(H,17,19). The van der Waals surface area contributed by atoms with Crippen molar-refractivity contribution < 1.29 is 28.5 Å². The molecule has 0 spiro atoms. The number of ether oxygens (including phenoxy) is 4. The number of unbranched alkanes of at least 4 members (excludes halogenated alkanes) is 1. The van der Waals surface area contributed by atoms with Crippen molar-refractivity contribution in [3.8, 4) is 11.6 Å².